The summed E-state index contributed by atoms with van der Waals surface area (Å²) in [6, 6.07) is 5.22. The molecule has 5 atom stereocenters. The molecule has 46 heavy (non-hydrogen) atoms. The number of unbranched alkanes of at least 4 members (excludes halogenated alkanes) is 3. The van der Waals surface area contributed by atoms with E-state index < -0.39 is 52.7 Å². The lowest BCUT2D eigenvalue weighted by Gasteiger charge is -2.30. The van der Waals surface area contributed by atoms with Gasteiger partial charge in [0.1, 0.15) is 28.8 Å². The van der Waals surface area contributed by atoms with Gasteiger partial charge in [0.05, 0.1) is 19.4 Å². The summed E-state index contributed by atoms with van der Waals surface area (Å²) < 4.78 is 10.5. The Morgan fingerprint density at radius 2 is 1.96 bits per heavy atom. The van der Waals surface area contributed by atoms with Crippen molar-refractivity contribution in [1.82, 2.24) is 21.0 Å². The fourth-order valence-electron chi connectivity index (χ4n) is 6.03. The van der Waals surface area contributed by atoms with Gasteiger partial charge in [0.2, 0.25) is 11.8 Å². The zero-order valence-electron chi connectivity index (χ0n) is 27.0. The van der Waals surface area contributed by atoms with Crippen molar-refractivity contribution in [2.24, 2.45) is 5.92 Å². The number of nitrogens with one attached hydrogen (secondary N) is 3. The van der Waals surface area contributed by atoms with Crippen LogP contribution in [0.3, 0.4) is 0 Å². The van der Waals surface area contributed by atoms with Crippen LogP contribution in [0.15, 0.2) is 55.7 Å². The molecule has 3 aliphatic rings. The first kappa shape index (κ1) is 35.0. The quantitative estimate of drug-likeness (QED) is 0.156. The summed E-state index contributed by atoms with van der Waals surface area (Å²) in [5.74, 6) is -1.88. The summed E-state index contributed by atoms with van der Waals surface area (Å²) in [6.07, 6.45) is 8.53. The lowest BCUT2D eigenvalue weighted by Crippen LogP contribution is -2.56. The molecule has 1 saturated carbocycles. The Hall–Kier alpha value is -3.83. The van der Waals surface area contributed by atoms with Gasteiger partial charge >= 0.3 is 12.1 Å². The van der Waals surface area contributed by atoms with E-state index in [0.717, 1.165) is 24.8 Å². The number of rotatable bonds is 13. The third kappa shape index (κ3) is 8.11. The second kappa shape index (κ2) is 14.3. The number of likely N-dealkylation sites (tertiary alicyclic amines) is 1. The molecular formula is C34H45ClN4O7. The molecule has 2 heterocycles. The predicted octanol–water partition coefficient (Wildman–Crippen LogP) is 4.82. The van der Waals surface area contributed by atoms with E-state index >= 15 is 0 Å². The number of allylic oxidation sites excluding steroid dienone is 1. The minimum absolute atomic E-state index is 0.0139. The summed E-state index contributed by atoms with van der Waals surface area (Å²) in [6.45, 7) is 12.8. The third-order valence-corrected chi connectivity index (χ3v) is 8.67. The summed E-state index contributed by atoms with van der Waals surface area (Å²) in [4.78, 5) is 61.5. The fourth-order valence-corrected chi connectivity index (χ4v) is 6.22. The highest BCUT2D eigenvalue weighted by molar-refractivity contribution is 6.30. The van der Waals surface area contributed by atoms with E-state index in [-0.39, 0.29) is 18.9 Å². The highest BCUT2D eigenvalue weighted by atomic mass is 35.5. The van der Waals surface area contributed by atoms with E-state index in [9.17, 15) is 19.2 Å². The van der Waals surface area contributed by atoms with Gasteiger partial charge in [0.15, 0.2) is 0 Å². The van der Waals surface area contributed by atoms with Crippen LogP contribution in [-0.2, 0) is 28.7 Å². The number of amides is 3. The van der Waals surface area contributed by atoms with Crippen molar-refractivity contribution in [1.29, 1.82) is 0 Å². The zero-order chi connectivity index (χ0) is 33.7. The van der Waals surface area contributed by atoms with E-state index in [1.54, 1.807) is 39.0 Å². The predicted molar refractivity (Wildman–Crippen MR) is 174 cm³/mol. The van der Waals surface area contributed by atoms with Gasteiger partial charge in [-0.25, -0.2) is 9.59 Å². The molecule has 250 valence electrons. The van der Waals surface area contributed by atoms with Crippen LogP contribution in [0.25, 0.3) is 5.70 Å². The fraction of sp³-hybridized carbons (Fsp3) is 0.529. The van der Waals surface area contributed by atoms with Crippen LogP contribution in [0.2, 0.25) is 5.02 Å². The van der Waals surface area contributed by atoms with Crippen molar-refractivity contribution >= 4 is 41.2 Å². The average Bonchev–Trinajstić information content (AvgIpc) is 3.35. The average molecular weight is 657 g/mol. The number of hydrogen-bond acceptors (Lipinski definition) is 8. The first-order valence-electron chi connectivity index (χ1n) is 15.6. The Morgan fingerprint density at radius 1 is 1.20 bits per heavy atom. The molecule has 1 spiro atoms. The molecule has 0 unspecified atom stereocenters. The smallest absolute Gasteiger partial charge is 0.408 e. The third-order valence-electron chi connectivity index (χ3n) is 8.43. The number of hydrogen-bond donors (Lipinski definition) is 3. The largest absolute Gasteiger partial charge is 0.467 e. The zero-order valence-corrected chi connectivity index (χ0v) is 27.8. The van der Waals surface area contributed by atoms with Crippen LogP contribution in [0.1, 0.15) is 71.3 Å². The minimum Gasteiger partial charge on any atom is -0.467 e. The Labute approximate surface area is 275 Å². The number of hydroxylamine groups is 1. The summed E-state index contributed by atoms with van der Waals surface area (Å²) in [5, 5.41) is 6.15. The van der Waals surface area contributed by atoms with Gasteiger partial charge < -0.3 is 25.0 Å². The second-order valence-electron chi connectivity index (χ2n) is 13.1. The molecule has 4 rings (SSSR count). The van der Waals surface area contributed by atoms with Crippen LogP contribution in [-0.4, -0.2) is 71.3 Å². The minimum atomic E-state index is -1.26. The number of esters is 1. The van der Waals surface area contributed by atoms with Gasteiger partial charge in [-0.15, -0.1) is 13.2 Å². The Morgan fingerprint density at radius 3 is 2.59 bits per heavy atom. The molecule has 0 radical (unpaired) electrons. The van der Waals surface area contributed by atoms with Crippen molar-refractivity contribution in [2.45, 2.75) is 94.5 Å². The maximum absolute atomic E-state index is 14.3. The molecule has 0 aromatic heterocycles. The molecule has 3 N–H and O–H groups in total. The van der Waals surface area contributed by atoms with Crippen LogP contribution in [0, 0.1) is 5.92 Å². The number of methoxy groups -OCH3 is 1. The lowest BCUT2D eigenvalue weighted by atomic mass is 9.97. The molecule has 0 bridgehead atoms. The first-order valence-corrected chi connectivity index (χ1v) is 16.0. The Kier molecular flexibility index (Phi) is 10.9. The van der Waals surface area contributed by atoms with Gasteiger partial charge in [0, 0.05) is 22.9 Å². The highest BCUT2D eigenvalue weighted by Crippen LogP contribution is 2.46. The molecule has 2 aliphatic heterocycles. The summed E-state index contributed by atoms with van der Waals surface area (Å²) >= 11 is 6.22. The van der Waals surface area contributed by atoms with Crippen LogP contribution < -0.4 is 16.1 Å². The molecular weight excluding hydrogens is 612 g/mol. The van der Waals surface area contributed by atoms with E-state index in [1.165, 1.54) is 12.0 Å². The summed E-state index contributed by atoms with van der Waals surface area (Å²) in [7, 11) is 1.26. The molecule has 1 saturated heterocycles. The van der Waals surface area contributed by atoms with Crippen molar-refractivity contribution in [3.8, 4) is 0 Å². The SMILES string of the molecule is C=CCCCCC[C@H](NC(=O)OC(C)(C)C)C(=O)N1C[C@@]2(C=C(c3cccc(Cl)c3)NO2)C[C@H]1C(=O)N[C@]1(C(=O)OC)C[C@H]1C=C. The number of nitrogens with zero attached hydrogens (tertiary/aromatic N) is 1. The Bertz CT molecular complexity index is 1390. The second-order valence-corrected chi connectivity index (χ2v) is 13.6. The van der Waals surface area contributed by atoms with Crippen molar-refractivity contribution in [2.75, 3.05) is 13.7 Å². The van der Waals surface area contributed by atoms with E-state index in [1.807, 2.05) is 24.3 Å². The van der Waals surface area contributed by atoms with E-state index in [2.05, 4.69) is 29.3 Å². The summed E-state index contributed by atoms with van der Waals surface area (Å²) in [5.41, 5.74) is 1.25. The normalized spacial score (nSPS) is 25.6. The highest BCUT2D eigenvalue weighted by Gasteiger charge is 2.62. The maximum atomic E-state index is 14.3. The van der Waals surface area contributed by atoms with Crippen molar-refractivity contribution in [3.63, 3.8) is 0 Å². The Balaban J connectivity index is 1.64. The van der Waals surface area contributed by atoms with Crippen molar-refractivity contribution < 1.29 is 33.5 Å². The van der Waals surface area contributed by atoms with Gasteiger partial charge in [-0.05, 0) is 64.7 Å². The maximum Gasteiger partial charge on any atom is 0.408 e. The lowest BCUT2D eigenvalue weighted by molar-refractivity contribution is -0.148. The van der Waals surface area contributed by atoms with E-state index in [4.69, 9.17) is 25.9 Å². The van der Waals surface area contributed by atoms with Gasteiger partial charge in [-0.2, -0.15) is 0 Å². The first-order chi connectivity index (χ1) is 21.8. The molecule has 1 aliphatic carbocycles. The number of benzene rings is 1. The van der Waals surface area contributed by atoms with Crippen LogP contribution in [0.4, 0.5) is 4.79 Å². The molecule has 2 fully saturated rings. The number of ether oxygens (including phenoxy) is 2. The van der Waals surface area contributed by atoms with Crippen LogP contribution >= 0.6 is 11.6 Å². The molecule has 11 nitrogen and oxygen atoms in total. The van der Waals surface area contributed by atoms with Crippen LogP contribution in [0.5, 0.6) is 0 Å². The number of alkyl carbamates (subject to hydrolysis) is 1. The van der Waals surface area contributed by atoms with E-state index in [0.29, 0.717) is 30.0 Å². The number of carbonyl (C=O) groups is 4. The molecule has 3 amide bonds. The van der Waals surface area contributed by atoms with Gasteiger partial charge in [-0.1, -0.05) is 48.7 Å². The monoisotopic (exact) mass is 656 g/mol. The van der Waals surface area contributed by atoms with Gasteiger partial charge in [-0.3, -0.25) is 19.9 Å². The number of halogens is 1. The van der Waals surface area contributed by atoms with Crippen molar-refractivity contribution in [3.05, 3.63) is 66.2 Å². The molecule has 12 heteroatoms. The number of carbonyl (C=O) groups excluding carboxylic acids is 4. The van der Waals surface area contributed by atoms with Gasteiger partial charge in [0.25, 0.3) is 0 Å². The topological polar surface area (TPSA) is 135 Å². The standard InChI is InChI=1S/C34H45ClN4O7/c1-7-9-10-11-12-16-25(36-31(43)45-32(3,4)5)29(41)39-21-33(19-26(38-46-33)22-14-13-15-24(35)17-22)20-27(39)28(40)37-34(30(42)44-6)18-23(34)8-2/h7-8,13-15,17,19,23,25,27,38H,1-2,9-12,16,18,20-21H2,3-6H3,(H,36,43)(H,37,40)/t23-,25+,27+,33-,34-/m1/s1. The molecule has 1 aromatic rings. The molecule has 1 aromatic carbocycles.